The number of anilines is 2. The molecular formula is C28H32N4O4S. The number of carbonyl (C=O) groups excluding carboxylic acids is 2. The Morgan fingerprint density at radius 2 is 1.81 bits per heavy atom. The monoisotopic (exact) mass is 520 g/mol. The Kier molecular flexibility index (Phi) is 7.15. The number of hydrogen-bond acceptors (Lipinski definition) is 5. The molecule has 2 aliphatic carbocycles. The normalized spacial score (nSPS) is 19.4. The Morgan fingerprint density at radius 1 is 1.11 bits per heavy atom. The van der Waals surface area contributed by atoms with Crippen molar-refractivity contribution in [3.05, 3.63) is 53.4 Å². The lowest BCUT2D eigenvalue weighted by Crippen LogP contribution is -2.39. The van der Waals surface area contributed by atoms with Crippen molar-refractivity contribution >= 4 is 40.5 Å². The molecule has 2 fully saturated rings. The van der Waals surface area contributed by atoms with Gasteiger partial charge in [0.25, 0.3) is 5.91 Å². The number of amides is 2. The molecule has 5 rings (SSSR count). The van der Waals surface area contributed by atoms with Gasteiger partial charge in [0.05, 0.1) is 12.0 Å². The van der Waals surface area contributed by atoms with E-state index in [1.807, 2.05) is 18.2 Å². The zero-order valence-electron chi connectivity index (χ0n) is 21.1. The summed E-state index contributed by atoms with van der Waals surface area (Å²) in [6, 6.07) is 9.12. The maximum absolute atomic E-state index is 13.6. The molecule has 0 radical (unpaired) electrons. The van der Waals surface area contributed by atoms with Crippen LogP contribution in [0.4, 0.5) is 11.4 Å². The first kappa shape index (κ1) is 25.2. The van der Waals surface area contributed by atoms with E-state index in [1.54, 1.807) is 41.2 Å². The molecular weight excluding hydrogens is 488 g/mol. The molecule has 2 heterocycles. The average Bonchev–Trinajstić information content (AvgIpc) is 3.41. The van der Waals surface area contributed by atoms with Crippen LogP contribution in [0.3, 0.4) is 0 Å². The molecule has 2 aliphatic rings. The van der Waals surface area contributed by atoms with E-state index in [-0.39, 0.29) is 22.6 Å². The first-order valence-corrected chi connectivity index (χ1v) is 13.7. The molecule has 0 bridgehead atoms. The lowest BCUT2D eigenvalue weighted by Gasteiger charge is -2.31. The van der Waals surface area contributed by atoms with Gasteiger partial charge in [-0.3, -0.25) is 9.59 Å². The van der Waals surface area contributed by atoms with Crippen LogP contribution in [0.1, 0.15) is 65.6 Å². The van der Waals surface area contributed by atoms with Crippen LogP contribution in [0.25, 0.3) is 10.4 Å². The highest BCUT2D eigenvalue weighted by Crippen LogP contribution is 2.41. The first-order valence-electron chi connectivity index (χ1n) is 12.9. The smallest absolute Gasteiger partial charge is 0.348 e. The van der Waals surface area contributed by atoms with Gasteiger partial charge in [-0.2, -0.15) is 0 Å². The van der Waals surface area contributed by atoms with Gasteiger partial charge in [0, 0.05) is 36.3 Å². The molecule has 3 aromatic rings. The minimum absolute atomic E-state index is 0.0399. The van der Waals surface area contributed by atoms with Crippen molar-refractivity contribution in [2.45, 2.75) is 45.4 Å². The van der Waals surface area contributed by atoms with Crippen LogP contribution < -0.4 is 10.2 Å². The molecule has 1 aromatic carbocycles. The lowest BCUT2D eigenvalue weighted by atomic mass is 9.82. The van der Waals surface area contributed by atoms with E-state index in [1.165, 1.54) is 11.3 Å². The van der Waals surface area contributed by atoms with Crippen LogP contribution in [-0.2, 0) is 11.8 Å². The van der Waals surface area contributed by atoms with Gasteiger partial charge in [-0.05, 0) is 74.1 Å². The van der Waals surface area contributed by atoms with Gasteiger partial charge in [-0.15, -0.1) is 11.3 Å². The quantitative estimate of drug-likeness (QED) is 0.398. The third-order valence-corrected chi connectivity index (χ3v) is 8.49. The van der Waals surface area contributed by atoms with Crippen molar-refractivity contribution in [3.63, 3.8) is 0 Å². The summed E-state index contributed by atoms with van der Waals surface area (Å²) < 4.78 is 1.71. The van der Waals surface area contributed by atoms with E-state index in [2.05, 4.69) is 17.2 Å². The van der Waals surface area contributed by atoms with Gasteiger partial charge in [0.15, 0.2) is 0 Å². The maximum atomic E-state index is 13.6. The molecule has 0 atom stereocenters. The number of carboxylic acid groups (broad SMARTS) is 1. The van der Waals surface area contributed by atoms with Crippen molar-refractivity contribution in [1.29, 1.82) is 0 Å². The molecule has 37 heavy (non-hydrogen) atoms. The van der Waals surface area contributed by atoms with Crippen molar-refractivity contribution in [1.82, 2.24) is 9.55 Å². The van der Waals surface area contributed by atoms with E-state index in [0.29, 0.717) is 35.4 Å². The Hall–Kier alpha value is -3.46. The number of aromatic nitrogens is 2. The largest absolute Gasteiger partial charge is 0.477 e. The molecule has 194 valence electrons. The number of nitrogens with one attached hydrogen (secondary N) is 1. The zero-order chi connectivity index (χ0) is 26.1. The Labute approximate surface area is 220 Å². The molecule has 0 unspecified atom stereocenters. The SMILES string of the molecule is CC1CCC(C(=O)N(CC2CC2)c2cc(-c3ccc(NC(=O)c4cn(C)cn4)cc3)sc2C(=O)O)CC1. The van der Waals surface area contributed by atoms with Crippen LogP contribution in [0, 0.1) is 17.8 Å². The molecule has 0 aliphatic heterocycles. The third kappa shape index (κ3) is 5.77. The molecule has 9 heteroatoms. The van der Waals surface area contributed by atoms with E-state index in [0.717, 1.165) is 49.0 Å². The number of rotatable bonds is 8. The second-order valence-electron chi connectivity index (χ2n) is 10.4. The van der Waals surface area contributed by atoms with E-state index < -0.39 is 5.97 Å². The predicted molar refractivity (Wildman–Crippen MR) is 144 cm³/mol. The summed E-state index contributed by atoms with van der Waals surface area (Å²) >= 11 is 1.19. The number of carbonyl (C=O) groups is 3. The number of carboxylic acids is 1. The fourth-order valence-electron chi connectivity index (χ4n) is 4.91. The zero-order valence-corrected chi connectivity index (χ0v) is 22.0. The number of hydrogen-bond donors (Lipinski definition) is 2. The van der Waals surface area contributed by atoms with Crippen LogP contribution in [0.15, 0.2) is 42.9 Å². The van der Waals surface area contributed by atoms with Crippen LogP contribution >= 0.6 is 11.3 Å². The number of benzene rings is 1. The van der Waals surface area contributed by atoms with Gasteiger partial charge < -0.3 is 19.9 Å². The molecule has 2 amide bonds. The third-order valence-electron chi connectivity index (χ3n) is 7.33. The summed E-state index contributed by atoms with van der Waals surface area (Å²) in [5.74, 6) is -0.207. The number of aromatic carboxylic acids is 1. The van der Waals surface area contributed by atoms with Crippen molar-refractivity contribution in [3.8, 4) is 10.4 Å². The van der Waals surface area contributed by atoms with Gasteiger partial charge >= 0.3 is 5.97 Å². The fourth-order valence-corrected chi connectivity index (χ4v) is 5.92. The summed E-state index contributed by atoms with van der Waals surface area (Å²) in [5.41, 5.74) is 2.29. The Balaban J connectivity index is 1.38. The Morgan fingerprint density at radius 3 is 2.41 bits per heavy atom. The van der Waals surface area contributed by atoms with Gasteiger partial charge in [0.1, 0.15) is 10.6 Å². The van der Waals surface area contributed by atoms with Gasteiger partial charge in [-0.1, -0.05) is 19.1 Å². The van der Waals surface area contributed by atoms with Crippen molar-refractivity contribution < 1.29 is 19.5 Å². The summed E-state index contributed by atoms with van der Waals surface area (Å²) in [6.45, 7) is 2.81. The second-order valence-corrected chi connectivity index (χ2v) is 11.5. The predicted octanol–water partition coefficient (Wildman–Crippen LogP) is 5.67. The number of aryl methyl sites for hydroxylation is 1. The summed E-state index contributed by atoms with van der Waals surface area (Å²) in [5, 5.41) is 12.8. The van der Waals surface area contributed by atoms with E-state index >= 15 is 0 Å². The maximum Gasteiger partial charge on any atom is 0.348 e. The van der Waals surface area contributed by atoms with E-state index in [9.17, 15) is 19.5 Å². The molecule has 2 N–H and O–H groups in total. The summed E-state index contributed by atoms with van der Waals surface area (Å²) in [7, 11) is 1.80. The minimum Gasteiger partial charge on any atom is -0.477 e. The highest BCUT2D eigenvalue weighted by molar-refractivity contribution is 7.18. The van der Waals surface area contributed by atoms with E-state index in [4.69, 9.17) is 0 Å². The summed E-state index contributed by atoms with van der Waals surface area (Å²) in [4.78, 5) is 45.1. The fraction of sp³-hybridized carbons (Fsp3) is 0.429. The van der Waals surface area contributed by atoms with Gasteiger partial charge in [0.2, 0.25) is 5.91 Å². The average molecular weight is 521 g/mol. The van der Waals surface area contributed by atoms with Crippen LogP contribution in [-0.4, -0.2) is 39.0 Å². The molecule has 0 saturated heterocycles. The molecule has 2 saturated carbocycles. The minimum atomic E-state index is -1.02. The first-order chi connectivity index (χ1) is 17.8. The Bertz CT molecular complexity index is 1300. The van der Waals surface area contributed by atoms with Crippen LogP contribution in [0.2, 0.25) is 0 Å². The molecule has 2 aromatic heterocycles. The second kappa shape index (κ2) is 10.5. The van der Waals surface area contributed by atoms with Crippen LogP contribution in [0.5, 0.6) is 0 Å². The topological polar surface area (TPSA) is 105 Å². The summed E-state index contributed by atoms with van der Waals surface area (Å²) in [6.07, 6.45) is 9.19. The standard InChI is InChI=1S/C28H32N4O4S/c1-17-3-7-20(8-4-17)27(34)32(14-18-5-6-18)23-13-24(37-25(23)28(35)36)19-9-11-21(12-10-19)30-26(33)22-15-31(2)16-29-22/h9-13,15-18,20H,3-8,14H2,1-2H3,(H,30,33)(H,35,36). The molecule has 8 nitrogen and oxygen atoms in total. The van der Waals surface area contributed by atoms with Crippen molar-refractivity contribution in [2.75, 3.05) is 16.8 Å². The molecule has 0 spiro atoms. The van der Waals surface area contributed by atoms with Crippen molar-refractivity contribution in [2.24, 2.45) is 24.8 Å². The van der Waals surface area contributed by atoms with Gasteiger partial charge in [-0.25, -0.2) is 9.78 Å². The number of nitrogens with zero attached hydrogens (tertiary/aromatic N) is 3. The number of thiophene rings is 1. The lowest BCUT2D eigenvalue weighted by molar-refractivity contribution is -0.123. The highest BCUT2D eigenvalue weighted by Gasteiger charge is 2.35. The highest BCUT2D eigenvalue weighted by atomic mass is 32.1. The number of imidazole rings is 1.